The van der Waals surface area contributed by atoms with Gasteiger partial charge < -0.3 is 5.32 Å². The van der Waals surface area contributed by atoms with Gasteiger partial charge >= 0.3 is 0 Å². The molecule has 0 aromatic heterocycles. The lowest BCUT2D eigenvalue weighted by atomic mass is 10.0. The summed E-state index contributed by atoms with van der Waals surface area (Å²) < 4.78 is 27.4. The van der Waals surface area contributed by atoms with Gasteiger partial charge in [0.15, 0.2) is 0 Å². The smallest absolute Gasteiger partial charge is 0.251 e. The van der Waals surface area contributed by atoms with Gasteiger partial charge in [0.2, 0.25) is 10.0 Å². The van der Waals surface area contributed by atoms with Gasteiger partial charge in [0.25, 0.3) is 5.91 Å². The fourth-order valence-electron chi connectivity index (χ4n) is 3.43. The summed E-state index contributed by atoms with van der Waals surface area (Å²) in [5.74, 6) is -0.261. The maximum atomic E-state index is 12.9. The molecule has 1 atom stereocenters. The zero-order valence-corrected chi connectivity index (χ0v) is 16.6. The average molecular weight is 387 g/mol. The van der Waals surface area contributed by atoms with Crippen LogP contribution in [0.2, 0.25) is 0 Å². The third kappa shape index (κ3) is 4.22. The Bertz CT molecular complexity index is 904. The lowest BCUT2D eigenvalue weighted by Crippen LogP contribution is -2.30. The van der Waals surface area contributed by atoms with Crippen LogP contribution in [-0.4, -0.2) is 31.7 Å². The van der Waals surface area contributed by atoms with Crippen LogP contribution >= 0.6 is 0 Å². The van der Waals surface area contributed by atoms with Crippen LogP contribution < -0.4 is 5.32 Å². The zero-order valence-electron chi connectivity index (χ0n) is 15.8. The SMILES string of the molecule is CC[C@H](NC(=O)c1ccc(C)c(S(=O)(=O)N2CCCC2)c1)c1ccccc1. The highest BCUT2D eigenvalue weighted by molar-refractivity contribution is 7.89. The molecule has 5 nitrogen and oxygen atoms in total. The summed E-state index contributed by atoms with van der Waals surface area (Å²) >= 11 is 0. The van der Waals surface area contributed by atoms with E-state index in [4.69, 9.17) is 0 Å². The van der Waals surface area contributed by atoms with Gasteiger partial charge in [0.1, 0.15) is 0 Å². The van der Waals surface area contributed by atoms with E-state index in [2.05, 4.69) is 5.32 Å². The monoisotopic (exact) mass is 386 g/mol. The Hall–Kier alpha value is -2.18. The van der Waals surface area contributed by atoms with E-state index < -0.39 is 10.0 Å². The number of amides is 1. The molecule has 1 heterocycles. The molecule has 144 valence electrons. The molecule has 1 aliphatic heterocycles. The lowest BCUT2D eigenvalue weighted by molar-refractivity contribution is 0.0935. The largest absolute Gasteiger partial charge is 0.345 e. The van der Waals surface area contributed by atoms with Crippen LogP contribution in [0.4, 0.5) is 0 Å². The van der Waals surface area contributed by atoms with E-state index in [1.807, 2.05) is 37.3 Å². The quantitative estimate of drug-likeness (QED) is 0.824. The highest BCUT2D eigenvalue weighted by atomic mass is 32.2. The fraction of sp³-hybridized carbons (Fsp3) is 0.381. The van der Waals surface area contributed by atoms with E-state index in [1.165, 1.54) is 10.4 Å². The third-order valence-electron chi connectivity index (χ3n) is 5.05. The lowest BCUT2D eigenvalue weighted by Gasteiger charge is -2.19. The first-order valence-electron chi connectivity index (χ1n) is 9.40. The molecule has 1 amide bonds. The molecule has 0 unspecified atom stereocenters. The molecule has 6 heteroatoms. The summed E-state index contributed by atoms with van der Waals surface area (Å²) in [6.45, 7) is 4.87. The molecule has 27 heavy (non-hydrogen) atoms. The van der Waals surface area contributed by atoms with Crippen molar-refractivity contribution in [3.8, 4) is 0 Å². The van der Waals surface area contributed by atoms with Crippen LogP contribution in [0.1, 0.15) is 53.7 Å². The molecular formula is C21H26N2O3S. The summed E-state index contributed by atoms with van der Waals surface area (Å²) in [7, 11) is -3.56. The first-order chi connectivity index (χ1) is 12.9. The number of sulfonamides is 1. The van der Waals surface area contributed by atoms with Crippen molar-refractivity contribution in [2.75, 3.05) is 13.1 Å². The maximum Gasteiger partial charge on any atom is 0.251 e. The van der Waals surface area contributed by atoms with Crippen molar-refractivity contribution >= 4 is 15.9 Å². The highest BCUT2D eigenvalue weighted by Crippen LogP contribution is 2.25. The Morgan fingerprint density at radius 3 is 2.41 bits per heavy atom. The Morgan fingerprint density at radius 2 is 1.78 bits per heavy atom. The standard InChI is InChI=1S/C21H26N2O3S/c1-3-19(17-9-5-4-6-10-17)22-21(24)18-12-11-16(2)20(15-18)27(25,26)23-13-7-8-14-23/h4-6,9-12,15,19H,3,7-8,13-14H2,1-2H3,(H,22,24)/t19-/m0/s1. The minimum absolute atomic E-state index is 0.112. The van der Waals surface area contributed by atoms with E-state index >= 15 is 0 Å². The highest BCUT2D eigenvalue weighted by Gasteiger charge is 2.29. The second kappa shape index (κ2) is 8.23. The molecule has 2 aromatic rings. The molecule has 1 saturated heterocycles. The third-order valence-corrected chi connectivity index (χ3v) is 7.09. The van der Waals surface area contributed by atoms with Crippen LogP contribution in [0.3, 0.4) is 0 Å². The number of carbonyl (C=O) groups is 1. The molecule has 0 aliphatic carbocycles. The van der Waals surface area contributed by atoms with Crippen LogP contribution in [-0.2, 0) is 10.0 Å². The zero-order chi connectivity index (χ0) is 19.4. The number of benzene rings is 2. The molecule has 0 radical (unpaired) electrons. The fourth-order valence-corrected chi connectivity index (χ4v) is 5.20. The van der Waals surface area contributed by atoms with Crippen molar-refractivity contribution in [3.05, 3.63) is 65.2 Å². The van der Waals surface area contributed by atoms with Crippen molar-refractivity contribution in [2.45, 2.75) is 44.0 Å². The number of rotatable bonds is 6. The predicted octanol–water partition coefficient (Wildman–Crippen LogP) is 3.66. The van der Waals surface area contributed by atoms with Crippen molar-refractivity contribution in [1.29, 1.82) is 0 Å². The van der Waals surface area contributed by atoms with Gasteiger partial charge in [-0.2, -0.15) is 4.31 Å². The molecular weight excluding hydrogens is 360 g/mol. The van der Waals surface area contributed by atoms with E-state index in [-0.39, 0.29) is 16.8 Å². The second-order valence-electron chi connectivity index (χ2n) is 6.94. The molecule has 3 rings (SSSR count). The molecule has 0 spiro atoms. The normalized spacial score (nSPS) is 16.2. The summed E-state index contributed by atoms with van der Waals surface area (Å²) in [5, 5.41) is 3.02. The minimum Gasteiger partial charge on any atom is -0.345 e. The molecule has 0 saturated carbocycles. The summed E-state index contributed by atoms with van der Waals surface area (Å²) in [6.07, 6.45) is 2.52. The number of hydrogen-bond donors (Lipinski definition) is 1. The van der Waals surface area contributed by atoms with Crippen LogP contribution in [0, 0.1) is 6.92 Å². The van der Waals surface area contributed by atoms with E-state index in [9.17, 15) is 13.2 Å². The molecule has 1 fully saturated rings. The van der Waals surface area contributed by atoms with Gasteiger partial charge in [-0.1, -0.05) is 43.3 Å². The summed E-state index contributed by atoms with van der Waals surface area (Å²) in [4.78, 5) is 13.0. The summed E-state index contributed by atoms with van der Waals surface area (Å²) in [6, 6.07) is 14.6. The van der Waals surface area contributed by atoms with E-state index in [0.717, 1.165) is 24.8 Å². The Labute approximate surface area is 161 Å². The molecule has 0 bridgehead atoms. The average Bonchev–Trinajstić information content (AvgIpc) is 3.22. The van der Waals surface area contributed by atoms with Crippen molar-refractivity contribution < 1.29 is 13.2 Å². The Morgan fingerprint density at radius 1 is 1.11 bits per heavy atom. The summed E-state index contributed by atoms with van der Waals surface area (Å²) in [5.41, 5.74) is 2.06. The first-order valence-corrected chi connectivity index (χ1v) is 10.8. The van der Waals surface area contributed by atoms with E-state index in [1.54, 1.807) is 19.1 Å². The number of carbonyl (C=O) groups excluding carboxylic acids is 1. The van der Waals surface area contributed by atoms with Crippen molar-refractivity contribution in [3.63, 3.8) is 0 Å². The second-order valence-corrected chi connectivity index (χ2v) is 8.84. The first kappa shape index (κ1) is 19.6. The van der Waals surface area contributed by atoms with Crippen LogP contribution in [0.5, 0.6) is 0 Å². The Balaban J connectivity index is 1.85. The number of aryl methyl sites for hydroxylation is 1. The van der Waals surface area contributed by atoms with Gasteiger partial charge in [0.05, 0.1) is 10.9 Å². The molecule has 1 aliphatic rings. The topological polar surface area (TPSA) is 66.5 Å². The van der Waals surface area contributed by atoms with Gasteiger partial charge in [-0.25, -0.2) is 8.42 Å². The maximum absolute atomic E-state index is 12.9. The van der Waals surface area contributed by atoms with Crippen molar-refractivity contribution in [2.24, 2.45) is 0 Å². The van der Waals surface area contributed by atoms with Crippen molar-refractivity contribution in [1.82, 2.24) is 9.62 Å². The van der Waals surface area contributed by atoms with Gasteiger partial charge in [-0.05, 0) is 49.4 Å². The predicted molar refractivity (Wildman–Crippen MR) is 106 cm³/mol. The Kier molecular flexibility index (Phi) is 5.97. The molecule has 2 aromatic carbocycles. The van der Waals surface area contributed by atoms with Crippen LogP contribution in [0.25, 0.3) is 0 Å². The number of hydrogen-bond acceptors (Lipinski definition) is 3. The van der Waals surface area contributed by atoms with Gasteiger partial charge in [-0.15, -0.1) is 0 Å². The minimum atomic E-state index is -3.56. The number of nitrogens with zero attached hydrogens (tertiary/aromatic N) is 1. The van der Waals surface area contributed by atoms with Crippen LogP contribution in [0.15, 0.2) is 53.4 Å². The number of nitrogens with one attached hydrogen (secondary N) is 1. The van der Waals surface area contributed by atoms with Gasteiger partial charge in [-0.3, -0.25) is 4.79 Å². The van der Waals surface area contributed by atoms with E-state index in [0.29, 0.717) is 24.2 Å². The van der Waals surface area contributed by atoms with Gasteiger partial charge in [0, 0.05) is 18.7 Å². The molecule has 1 N–H and O–H groups in total.